The zero-order valence-electron chi connectivity index (χ0n) is 11.9. The van der Waals surface area contributed by atoms with Crippen LogP contribution in [0.15, 0.2) is 18.2 Å². The summed E-state index contributed by atoms with van der Waals surface area (Å²) in [5.41, 5.74) is 9.56. The molecule has 0 unspecified atom stereocenters. The molecule has 0 heterocycles. The molecule has 0 atom stereocenters. The first-order valence-corrected chi connectivity index (χ1v) is 7.15. The van der Waals surface area contributed by atoms with Crippen LogP contribution in [0.1, 0.15) is 42.4 Å². The van der Waals surface area contributed by atoms with Crippen molar-refractivity contribution in [2.24, 2.45) is 11.7 Å². The van der Waals surface area contributed by atoms with Crippen LogP contribution < -0.4 is 11.1 Å². The third-order valence-corrected chi connectivity index (χ3v) is 4.09. The molecule has 0 spiro atoms. The zero-order chi connectivity index (χ0) is 13.8. The van der Waals surface area contributed by atoms with E-state index in [9.17, 15) is 4.79 Å². The van der Waals surface area contributed by atoms with Gasteiger partial charge in [0.15, 0.2) is 0 Å². The first-order chi connectivity index (χ1) is 9.06. The van der Waals surface area contributed by atoms with Gasteiger partial charge in [0.1, 0.15) is 0 Å². The van der Waals surface area contributed by atoms with Gasteiger partial charge >= 0.3 is 0 Å². The molecule has 1 aliphatic carbocycles. The molecule has 1 aromatic rings. The van der Waals surface area contributed by atoms with Crippen molar-refractivity contribution in [3.05, 3.63) is 34.9 Å². The summed E-state index contributed by atoms with van der Waals surface area (Å²) < 4.78 is 0. The van der Waals surface area contributed by atoms with E-state index in [4.69, 9.17) is 5.73 Å². The van der Waals surface area contributed by atoms with Crippen LogP contribution in [0.25, 0.3) is 0 Å². The van der Waals surface area contributed by atoms with Crippen LogP contribution >= 0.6 is 0 Å². The molecule has 0 aromatic heterocycles. The molecule has 19 heavy (non-hydrogen) atoms. The Bertz CT molecular complexity index is 448. The van der Waals surface area contributed by atoms with Crippen LogP contribution in [0, 0.1) is 19.8 Å². The van der Waals surface area contributed by atoms with Gasteiger partial charge in [-0.1, -0.05) is 23.8 Å². The SMILES string of the molecule is Cc1ccc(CNC(=O)C2CCC(N)CC2)c(C)c1. The minimum Gasteiger partial charge on any atom is -0.352 e. The average molecular weight is 260 g/mol. The predicted octanol–water partition coefficient (Wildman–Crippen LogP) is 2.44. The van der Waals surface area contributed by atoms with Gasteiger partial charge in [-0.25, -0.2) is 0 Å². The highest BCUT2D eigenvalue weighted by atomic mass is 16.1. The van der Waals surface area contributed by atoms with Crippen molar-refractivity contribution >= 4 is 5.91 Å². The Kier molecular flexibility index (Phi) is 4.59. The van der Waals surface area contributed by atoms with Gasteiger partial charge in [-0.05, 0) is 50.7 Å². The smallest absolute Gasteiger partial charge is 0.223 e. The van der Waals surface area contributed by atoms with Gasteiger partial charge in [0.05, 0.1) is 0 Å². The summed E-state index contributed by atoms with van der Waals surface area (Å²) in [6, 6.07) is 6.64. The van der Waals surface area contributed by atoms with E-state index in [-0.39, 0.29) is 11.8 Å². The molecule has 1 fully saturated rings. The van der Waals surface area contributed by atoms with E-state index in [1.165, 1.54) is 16.7 Å². The van der Waals surface area contributed by atoms with E-state index in [1.807, 2.05) is 0 Å². The molecule has 3 N–H and O–H groups in total. The lowest BCUT2D eigenvalue weighted by Crippen LogP contribution is -2.36. The second kappa shape index (κ2) is 6.20. The number of rotatable bonds is 3. The highest BCUT2D eigenvalue weighted by Crippen LogP contribution is 2.23. The van der Waals surface area contributed by atoms with Crippen LogP contribution in [-0.2, 0) is 11.3 Å². The molecule has 104 valence electrons. The Morgan fingerprint density at radius 1 is 1.26 bits per heavy atom. The van der Waals surface area contributed by atoms with Crippen molar-refractivity contribution in [1.29, 1.82) is 0 Å². The molecule has 0 saturated heterocycles. The van der Waals surface area contributed by atoms with Crippen LogP contribution in [0.5, 0.6) is 0 Å². The predicted molar refractivity (Wildman–Crippen MR) is 77.7 cm³/mol. The Morgan fingerprint density at radius 3 is 2.58 bits per heavy atom. The molecule has 2 rings (SSSR count). The third kappa shape index (κ3) is 3.80. The minimum atomic E-state index is 0.158. The number of amides is 1. The number of carbonyl (C=O) groups excluding carboxylic acids is 1. The molecular weight excluding hydrogens is 236 g/mol. The second-order valence-electron chi connectivity index (χ2n) is 5.76. The standard InChI is InChI=1S/C16H24N2O/c1-11-3-4-14(12(2)9-11)10-18-16(19)13-5-7-15(17)8-6-13/h3-4,9,13,15H,5-8,10,17H2,1-2H3,(H,18,19). The topological polar surface area (TPSA) is 55.1 Å². The summed E-state index contributed by atoms with van der Waals surface area (Å²) in [4.78, 5) is 12.1. The minimum absolute atomic E-state index is 0.158. The summed E-state index contributed by atoms with van der Waals surface area (Å²) in [7, 11) is 0. The van der Waals surface area contributed by atoms with Crippen LogP contribution in [-0.4, -0.2) is 11.9 Å². The number of benzene rings is 1. The van der Waals surface area contributed by atoms with Crippen LogP contribution in [0.4, 0.5) is 0 Å². The molecule has 1 saturated carbocycles. The second-order valence-corrected chi connectivity index (χ2v) is 5.76. The van der Waals surface area contributed by atoms with E-state index in [2.05, 4.69) is 37.4 Å². The summed E-state index contributed by atoms with van der Waals surface area (Å²) in [6.45, 7) is 4.81. The highest BCUT2D eigenvalue weighted by Gasteiger charge is 2.24. The lowest BCUT2D eigenvalue weighted by atomic mass is 9.86. The van der Waals surface area contributed by atoms with Gasteiger partial charge in [0.25, 0.3) is 0 Å². The fourth-order valence-electron chi connectivity index (χ4n) is 2.75. The molecule has 0 aliphatic heterocycles. The first kappa shape index (κ1) is 14.1. The fourth-order valence-corrected chi connectivity index (χ4v) is 2.75. The lowest BCUT2D eigenvalue weighted by Gasteiger charge is -2.25. The van der Waals surface area contributed by atoms with E-state index in [0.717, 1.165) is 25.7 Å². The third-order valence-electron chi connectivity index (χ3n) is 4.09. The van der Waals surface area contributed by atoms with Gasteiger partial charge in [0, 0.05) is 18.5 Å². The maximum atomic E-state index is 12.1. The van der Waals surface area contributed by atoms with Crippen molar-refractivity contribution in [3.8, 4) is 0 Å². The van der Waals surface area contributed by atoms with Crippen molar-refractivity contribution in [1.82, 2.24) is 5.32 Å². The number of nitrogens with two attached hydrogens (primary N) is 1. The number of aryl methyl sites for hydroxylation is 2. The van der Waals surface area contributed by atoms with E-state index in [1.54, 1.807) is 0 Å². The maximum absolute atomic E-state index is 12.1. The van der Waals surface area contributed by atoms with Crippen molar-refractivity contribution in [2.45, 2.75) is 52.1 Å². The normalized spacial score (nSPS) is 23.1. The van der Waals surface area contributed by atoms with E-state index < -0.39 is 0 Å². The van der Waals surface area contributed by atoms with Crippen molar-refractivity contribution in [2.75, 3.05) is 0 Å². The summed E-state index contributed by atoms with van der Waals surface area (Å²) in [5, 5.41) is 3.06. The van der Waals surface area contributed by atoms with Gasteiger partial charge in [-0.2, -0.15) is 0 Å². The van der Waals surface area contributed by atoms with Crippen LogP contribution in [0.2, 0.25) is 0 Å². The Morgan fingerprint density at radius 2 is 1.95 bits per heavy atom. The van der Waals surface area contributed by atoms with Gasteiger partial charge in [-0.15, -0.1) is 0 Å². The molecule has 0 bridgehead atoms. The molecule has 3 heteroatoms. The van der Waals surface area contributed by atoms with Gasteiger partial charge in [-0.3, -0.25) is 4.79 Å². The molecule has 1 aliphatic rings. The largest absolute Gasteiger partial charge is 0.352 e. The molecular formula is C16H24N2O. The monoisotopic (exact) mass is 260 g/mol. The van der Waals surface area contributed by atoms with E-state index in [0.29, 0.717) is 12.6 Å². The molecule has 0 radical (unpaired) electrons. The number of carbonyl (C=O) groups is 1. The molecule has 1 aromatic carbocycles. The Balaban J connectivity index is 1.86. The molecule has 3 nitrogen and oxygen atoms in total. The quantitative estimate of drug-likeness (QED) is 0.877. The van der Waals surface area contributed by atoms with Gasteiger partial charge < -0.3 is 11.1 Å². The Labute approximate surface area is 115 Å². The van der Waals surface area contributed by atoms with Crippen LogP contribution in [0.3, 0.4) is 0 Å². The summed E-state index contributed by atoms with van der Waals surface area (Å²) in [6.07, 6.45) is 3.81. The highest BCUT2D eigenvalue weighted by molar-refractivity contribution is 5.78. The molecule has 1 amide bonds. The van der Waals surface area contributed by atoms with Crippen molar-refractivity contribution < 1.29 is 4.79 Å². The lowest BCUT2D eigenvalue weighted by molar-refractivity contribution is -0.126. The Hall–Kier alpha value is -1.35. The fraction of sp³-hybridized carbons (Fsp3) is 0.562. The maximum Gasteiger partial charge on any atom is 0.223 e. The number of nitrogens with one attached hydrogen (secondary N) is 1. The zero-order valence-corrected chi connectivity index (χ0v) is 11.9. The summed E-state index contributed by atoms with van der Waals surface area (Å²) in [5.74, 6) is 0.345. The van der Waals surface area contributed by atoms with Crippen molar-refractivity contribution in [3.63, 3.8) is 0 Å². The number of hydrogen-bond donors (Lipinski definition) is 2. The summed E-state index contributed by atoms with van der Waals surface area (Å²) >= 11 is 0. The average Bonchev–Trinajstić information content (AvgIpc) is 2.38. The van der Waals surface area contributed by atoms with E-state index >= 15 is 0 Å². The van der Waals surface area contributed by atoms with Gasteiger partial charge in [0.2, 0.25) is 5.91 Å². The number of hydrogen-bond acceptors (Lipinski definition) is 2. The first-order valence-electron chi connectivity index (χ1n) is 7.15.